The highest BCUT2D eigenvalue weighted by molar-refractivity contribution is 9.10. The number of nitrogens with one attached hydrogen (secondary N) is 1. The van der Waals surface area contributed by atoms with Gasteiger partial charge in [-0.25, -0.2) is 0 Å². The first-order valence-electron chi connectivity index (χ1n) is 4.92. The van der Waals surface area contributed by atoms with Crippen LogP contribution < -0.4 is 5.32 Å². The van der Waals surface area contributed by atoms with E-state index in [1.54, 1.807) is 36.1 Å². The lowest BCUT2D eigenvalue weighted by atomic mass is 10.2. The number of nitrogens with zero attached hydrogens (tertiary/aromatic N) is 2. The number of rotatable bonds is 2. The van der Waals surface area contributed by atoms with Crippen molar-refractivity contribution in [1.29, 1.82) is 0 Å². The summed E-state index contributed by atoms with van der Waals surface area (Å²) in [5.74, 6) is 0.123. The number of hydrogen-bond acceptors (Lipinski definition) is 2. The molecule has 0 aliphatic heterocycles. The molecule has 1 amide bonds. The Morgan fingerprint density at radius 1 is 1.33 bits per heavy atom. The van der Waals surface area contributed by atoms with Crippen LogP contribution in [-0.2, 0) is 7.05 Å². The number of carbonyl (C=O) groups excluding carboxylic acids is 1. The van der Waals surface area contributed by atoms with E-state index in [1.807, 2.05) is 0 Å². The van der Waals surface area contributed by atoms with Crippen LogP contribution in [0.25, 0.3) is 0 Å². The number of carbonyl (C=O) groups is 1. The Balaban J connectivity index is 2.24. The maximum atomic E-state index is 12.0. The predicted octanol–water partition coefficient (Wildman–Crippen LogP) is 3.74. The van der Waals surface area contributed by atoms with Crippen molar-refractivity contribution >= 4 is 50.9 Å². The third-order valence-electron chi connectivity index (χ3n) is 2.14. The highest BCUT2D eigenvalue weighted by Gasteiger charge is 2.12. The van der Waals surface area contributed by atoms with Gasteiger partial charge in [0.1, 0.15) is 0 Å². The van der Waals surface area contributed by atoms with Gasteiger partial charge >= 0.3 is 0 Å². The number of benzene rings is 1. The molecule has 0 unspecified atom stereocenters. The molecule has 0 radical (unpaired) electrons. The molecule has 0 spiro atoms. The third-order valence-corrected chi connectivity index (χ3v) is 3.16. The highest BCUT2D eigenvalue weighted by atomic mass is 79.9. The first kappa shape index (κ1) is 13.4. The van der Waals surface area contributed by atoms with Crippen molar-refractivity contribution in [3.05, 3.63) is 44.5 Å². The molecular formula is C11H8BrCl2N3O. The van der Waals surface area contributed by atoms with Gasteiger partial charge in [0.25, 0.3) is 5.91 Å². The van der Waals surface area contributed by atoms with Gasteiger partial charge in [0.05, 0.1) is 4.47 Å². The van der Waals surface area contributed by atoms with Crippen LogP contribution in [0.3, 0.4) is 0 Å². The molecule has 1 heterocycles. The minimum absolute atomic E-state index is 0.321. The Hall–Kier alpha value is -1.04. The molecule has 7 heteroatoms. The summed E-state index contributed by atoms with van der Waals surface area (Å²) >= 11 is 15.0. The Kier molecular flexibility index (Phi) is 3.94. The summed E-state index contributed by atoms with van der Waals surface area (Å²) in [5.41, 5.74) is 0.380. The first-order chi connectivity index (χ1) is 8.45. The van der Waals surface area contributed by atoms with E-state index in [1.165, 1.54) is 0 Å². The lowest BCUT2D eigenvalue weighted by Gasteiger charge is -2.04. The second kappa shape index (κ2) is 5.30. The predicted molar refractivity (Wildman–Crippen MR) is 75.3 cm³/mol. The molecule has 1 aromatic heterocycles. The van der Waals surface area contributed by atoms with E-state index in [9.17, 15) is 4.79 Å². The molecule has 0 saturated heterocycles. The lowest BCUT2D eigenvalue weighted by Crippen LogP contribution is -2.12. The number of aryl methyl sites for hydroxylation is 1. The molecule has 2 rings (SSSR count). The Labute approximate surface area is 122 Å². The van der Waals surface area contributed by atoms with E-state index in [4.69, 9.17) is 23.2 Å². The van der Waals surface area contributed by atoms with Crippen molar-refractivity contribution in [2.24, 2.45) is 7.05 Å². The summed E-state index contributed by atoms with van der Waals surface area (Å²) < 4.78 is 2.29. The van der Waals surface area contributed by atoms with Gasteiger partial charge < -0.3 is 5.32 Å². The normalized spacial score (nSPS) is 10.4. The van der Waals surface area contributed by atoms with Crippen molar-refractivity contribution in [2.45, 2.75) is 0 Å². The quantitative estimate of drug-likeness (QED) is 0.898. The molecule has 0 bridgehead atoms. The van der Waals surface area contributed by atoms with E-state index in [2.05, 4.69) is 26.3 Å². The molecule has 94 valence electrons. The average Bonchev–Trinajstić information content (AvgIpc) is 2.56. The minimum Gasteiger partial charge on any atom is -0.304 e. The van der Waals surface area contributed by atoms with Gasteiger partial charge in [-0.05, 0) is 34.1 Å². The monoisotopic (exact) mass is 347 g/mol. The van der Waals surface area contributed by atoms with E-state index in [0.717, 1.165) is 0 Å². The van der Waals surface area contributed by atoms with Crippen LogP contribution in [0.2, 0.25) is 10.0 Å². The van der Waals surface area contributed by atoms with Crippen LogP contribution >= 0.6 is 39.1 Å². The van der Waals surface area contributed by atoms with E-state index in [-0.39, 0.29) is 5.91 Å². The zero-order valence-electron chi connectivity index (χ0n) is 9.25. The summed E-state index contributed by atoms with van der Waals surface area (Å²) in [6.07, 6.45) is 1.74. The molecule has 1 N–H and O–H groups in total. The molecule has 0 saturated carbocycles. The fourth-order valence-electron chi connectivity index (χ4n) is 1.41. The van der Waals surface area contributed by atoms with Gasteiger partial charge in [-0.1, -0.05) is 23.2 Å². The molecule has 0 aliphatic carbocycles. The lowest BCUT2D eigenvalue weighted by molar-refractivity contribution is 0.102. The minimum atomic E-state index is -0.321. The van der Waals surface area contributed by atoms with Crippen LogP contribution in [0.15, 0.2) is 28.9 Å². The van der Waals surface area contributed by atoms with Crippen molar-refractivity contribution in [2.75, 3.05) is 5.32 Å². The Morgan fingerprint density at radius 2 is 1.94 bits per heavy atom. The van der Waals surface area contributed by atoms with Gasteiger partial charge in [0.15, 0.2) is 5.82 Å². The summed E-state index contributed by atoms with van der Waals surface area (Å²) in [4.78, 5) is 12.0. The number of hydrogen-bond donors (Lipinski definition) is 1. The van der Waals surface area contributed by atoms with Gasteiger partial charge in [0.2, 0.25) is 0 Å². The molecular weight excluding hydrogens is 341 g/mol. The van der Waals surface area contributed by atoms with Gasteiger partial charge in [-0.3, -0.25) is 9.48 Å². The number of amides is 1. The van der Waals surface area contributed by atoms with Crippen molar-refractivity contribution in [3.63, 3.8) is 0 Å². The summed E-state index contributed by atoms with van der Waals surface area (Å²) in [6.45, 7) is 0. The largest absolute Gasteiger partial charge is 0.304 e. The van der Waals surface area contributed by atoms with Crippen molar-refractivity contribution in [1.82, 2.24) is 9.78 Å². The summed E-state index contributed by atoms with van der Waals surface area (Å²) in [6, 6.07) is 4.65. The topological polar surface area (TPSA) is 46.9 Å². The van der Waals surface area contributed by atoms with Gasteiger partial charge in [-0.15, -0.1) is 0 Å². The molecule has 2 aromatic rings. The smallest absolute Gasteiger partial charge is 0.256 e. The van der Waals surface area contributed by atoms with Gasteiger partial charge in [-0.2, -0.15) is 5.10 Å². The molecule has 0 atom stereocenters. The Bertz CT molecular complexity index is 592. The van der Waals surface area contributed by atoms with Crippen LogP contribution in [0.4, 0.5) is 5.82 Å². The second-order valence-corrected chi connectivity index (χ2v) is 5.34. The van der Waals surface area contributed by atoms with E-state index < -0.39 is 0 Å². The maximum Gasteiger partial charge on any atom is 0.256 e. The van der Waals surface area contributed by atoms with E-state index >= 15 is 0 Å². The molecule has 4 nitrogen and oxygen atoms in total. The SMILES string of the molecule is Cn1cc(Br)c(NC(=O)c2cc(Cl)cc(Cl)c2)n1. The van der Waals surface area contributed by atoms with Crippen molar-refractivity contribution < 1.29 is 4.79 Å². The zero-order valence-corrected chi connectivity index (χ0v) is 12.3. The number of halogens is 3. The molecule has 0 aliphatic rings. The number of anilines is 1. The van der Waals surface area contributed by atoms with Crippen LogP contribution in [0.1, 0.15) is 10.4 Å². The van der Waals surface area contributed by atoms with Crippen molar-refractivity contribution in [3.8, 4) is 0 Å². The fraction of sp³-hybridized carbons (Fsp3) is 0.0909. The molecule has 1 aromatic carbocycles. The first-order valence-corrected chi connectivity index (χ1v) is 6.47. The van der Waals surface area contributed by atoms with Crippen LogP contribution in [0, 0.1) is 0 Å². The average molecular weight is 349 g/mol. The Morgan fingerprint density at radius 3 is 2.44 bits per heavy atom. The third kappa shape index (κ3) is 3.04. The fourth-order valence-corrected chi connectivity index (χ4v) is 2.41. The highest BCUT2D eigenvalue weighted by Crippen LogP contribution is 2.22. The van der Waals surface area contributed by atoms with E-state index in [0.29, 0.717) is 25.9 Å². The summed E-state index contributed by atoms with van der Waals surface area (Å²) in [7, 11) is 1.76. The standard InChI is InChI=1S/C11H8BrCl2N3O/c1-17-5-9(12)10(16-17)15-11(18)6-2-7(13)4-8(14)3-6/h2-5H,1H3,(H,15,16,18). The van der Waals surface area contributed by atoms with Crippen LogP contribution in [-0.4, -0.2) is 15.7 Å². The van der Waals surface area contributed by atoms with Crippen LogP contribution in [0.5, 0.6) is 0 Å². The second-order valence-electron chi connectivity index (χ2n) is 3.61. The molecule has 0 fully saturated rings. The summed E-state index contributed by atoms with van der Waals surface area (Å²) in [5, 5.41) is 7.58. The molecule has 18 heavy (non-hydrogen) atoms. The number of aromatic nitrogens is 2. The van der Waals surface area contributed by atoms with Gasteiger partial charge in [0, 0.05) is 28.9 Å². The maximum absolute atomic E-state index is 12.0. The zero-order chi connectivity index (χ0) is 13.3.